The molecule has 0 fully saturated rings. The highest BCUT2D eigenvalue weighted by molar-refractivity contribution is 5.97. The van der Waals surface area contributed by atoms with Crippen LogP contribution in [0.3, 0.4) is 0 Å². The van der Waals surface area contributed by atoms with Gasteiger partial charge in [0.15, 0.2) is 0 Å². The highest BCUT2D eigenvalue weighted by Gasteiger charge is 2.30. The Labute approximate surface area is 153 Å². The van der Waals surface area contributed by atoms with Gasteiger partial charge in [0.25, 0.3) is 5.91 Å². The van der Waals surface area contributed by atoms with E-state index in [9.17, 15) is 14.0 Å². The maximum absolute atomic E-state index is 13.0. The van der Waals surface area contributed by atoms with Crippen molar-refractivity contribution in [3.63, 3.8) is 0 Å². The quantitative estimate of drug-likeness (QED) is 0.917. The molecule has 1 unspecified atom stereocenters. The van der Waals surface area contributed by atoms with Crippen molar-refractivity contribution in [1.29, 1.82) is 0 Å². The van der Waals surface area contributed by atoms with Gasteiger partial charge in [-0.1, -0.05) is 38.1 Å². The van der Waals surface area contributed by atoms with Crippen molar-refractivity contribution in [2.24, 2.45) is 5.92 Å². The second-order valence-electron chi connectivity index (χ2n) is 6.98. The van der Waals surface area contributed by atoms with Crippen LogP contribution in [0.25, 0.3) is 0 Å². The van der Waals surface area contributed by atoms with Crippen molar-refractivity contribution < 1.29 is 14.0 Å². The van der Waals surface area contributed by atoms with Crippen LogP contribution in [0.1, 0.15) is 35.3 Å². The number of nitrogens with zero attached hydrogens (tertiary/aromatic N) is 1. The summed E-state index contributed by atoms with van der Waals surface area (Å²) in [7, 11) is 0. The zero-order chi connectivity index (χ0) is 18.7. The van der Waals surface area contributed by atoms with E-state index in [-0.39, 0.29) is 17.7 Å². The maximum atomic E-state index is 13.0. The van der Waals surface area contributed by atoms with E-state index in [1.807, 2.05) is 32.0 Å². The van der Waals surface area contributed by atoms with Gasteiger partial charge < -0.3 is 10.2 Å². The van der Waals surface area contributed by atoms with Crippen LogP contribution in [-0.4, -0.2) is 29.3 Å². The van der Waals surface area contributed by atoms with Crippen molar-refractivity contribution in [2.45, 2.75) is 32.9 Å². The number of carbonyl (C=O) groups excluding carboxylic acids is 2. The van der Waals surface area contributed by atoms with E-state index >= 15 is 0 Å². The van der Waals surface area contributed by atoms with E-state index in [1.54, 1.807) is 4.90 Å². The first-order chi connectivity index (χ1) is 12.5. The Morgan fingerprint density at radius 1 is 1.04 bits per heavy atom. The van der Waals surface area contributed by atoms with Crippen LogP contribution in [0.15, 0.2) is 48.5 Å². The molecule has 4 nitrogen and oxygen atoms in total. The van der Waals surface area contributed by atoms with Crippen LogP contribution in [0.2, 0.25) is 0 Å². The first-order valence-electron chi connectivity index (χ1n) is 8.87. The summed E-state index contributed by atoms with van der Waals surface area (Å²) in [6.45, 7) is 5.02. The predicted octanol–water partition coefficient (Wildman–Crippen LogP) is 3.17. The molecule has 0 spiro atoms. The molecule has 1 atom stereocenters. The molecule has 2 aromatic carbocycles. The molecule has 1 aliphatic rings. The fourth-order valence-corrected chi connectivity index (χ4v) is 3.22. The summed E-state index contributed by atoms with van der Waals surface area (Å²) in [6.07, 6.45) is 0.818. The molecule has 0 aliphatic carbocycles. The van der Waals surface area contributed by atoms with Crippen LogP contribution in [0.4, 0.5) is 4.39 Å². The minimum absolute atomic E-state index is 0.0518. The van der Waals surface area contributed by atoms with E-state index in [1.165, 1.54) is 29.8 Å². The Kier molecular flexibility index (Phi) is 5.35. The number of halogens is 1. The standard InChI is InChI=1S/C21H23FN2O2/c1-14(2)19(23-20(25)16-7-9-18(22)10-8-16)21(26)24-12-11-15-5-3-4-6-17(15)13-24/h3-10,14,19H,11-13H2,1-2H3,(H,23,25). The number of hydrogen-bond donors (Lipinski definition) is 1. The molecule has 0 aromatic heterocycles. The molecule has 136 valence electrons. The molecule has 1 heterocycles. The van der Waals surface area contributed by atoms with Gasteiger partial charge in [-0.05, 0) is 47.7 Å². The van der Waals surface area contributed by atoms with Crippen molar-refractivity contribution in [2.75, 3.05) is 6.54 Å². The van der Waals surface area contributed by atoms with Gasteiger partial charge >= 0.3 is 0 Å². The molecule has 0 saturated carbocycles. The summed E-state index contributed by atoms with van der Waals surface area (Å²) in [4.78, 5) is 27.3. The number of amides is 2. The van der Waals surface area contributed by atoms with Crippen LogP contribution >= 0.6 is 0 Å². The van der Waals surface area contributed by atoms with Crippen LogP contribution < -0.4 is 5.32 Å². The molecular weight excluding hydrogens is 331 g/mol. The smallest absolute Gasteiger partial charge is 0.251 e. The lowest BCUT2D eigenvalue weighted by Crippen LogP contribution is -2.52. The molecule has 2 aromatic rings. The zero-order valence-electron chi connectivity index (χ0n) is 15.0. The summed E-state index contributed by atoms with van der Waals surface area (Å²) < 4.78 is 13.0. The Morgan fingerprint density at radius 3 is 2.35 bits per heavy atom. The highest BCUT2D eigenvalue weighted by atomic mass is 19.1. The molecule has 5 heteroatoms. The minimum Gasteiger partial charge on any atom is -0.340 e. The number of carbonyl (C=O) groups is 2. The van der Waals surface area contributed by atoms with Gasteiger partial charge in [-0.2, -0.15) is 0 Å². The third-order valence-corrected chi connectivity index (χ3v) is 4.77. The SMILES string of the molecule is CC(C)C(NC(=O)c1ccc(F)cc1)C(=O)N1CCc2ccccc2C1. The number of hydrogen-bond acceptors (Lipinski definition) is 2. The van der Waals surface area contributed by atoms with E-state index in [4.69, 9.17) is 0 Å². The van der Waals surface area contributed by atoms with Gasteiger partial charge in [-0.15, -0.1) is 0 Å². The summed E-state index contributed by atoms with van der Waals surface area (Å²) in [6, 6.07) is 12.8. The highest BCUT2D eigenvalue weighted by Crippen LogP contribution is 2.20. The average Bonchev–Trinajstić information content (AvgIpc) is 2.65. The largest absolute Gasteiger partial charge is 0.340 e. The molecule has 0 radical (unpaired) electrons. The van der Waals surface area contributed by atoms with Gasteiger partial charge in [0, 0.05) is 18.7 Å². The molecule has 2 amide bonds. The van der Waals surface area contributed by atoms with Crippen molar-refractivity contribution in [3.8, 4) is 0 Å². The van der Waals surface area contributed by atoms with Gasteiger partial charge in [0.1, 0.15) is 11.9 Å². The number of nitrogens with one attached hydrogen (secondary N) is 1. The van der Waals surface area contributed by atoms with E-state index in [0.29, 0.717) is 18.7 Å². The molecule has 0 saturated heterocycles. The van der Waals surface area contributed by atoms with Gasteiger partial charge in [-0.25, -0.2) is 4.39 Å². The molecule has 3 rings (SSSR count). The fraction of sp³-hybridized carbons (Fsp3) is 0.333. The monoisotopic (exact) mass is 354 g/mol. The van der Waals surface area contributed by atoms with Gasteiger partial charge in [0.2, 0.25) is 5.91 Å². The normalized spacial score (nSPS) is 14.7. The zero-order valence-corrected chi connectivity index (χ0v) is 15.0. The summed E-state index contributed by atoms with van der Waals surface area (Å²) in [5.74, 6) is -0.895. The van der Waals surface area contributed by atoms with Crippen molar-refractivity contribution in [1.82, 2.24) is 10.2 Å². The summed E-state index contributed by atoms with van der Waals surface area (Å²) in [5.41, 5.74) is 2.77. The molecular formula is C21H23FN2O2. The van der Waals surface area contributed by atoms with Crippen LogP contribution in [-0.2, 0) is 17.8 Å². The third kappa shape index (κ3) is 3.93. The topological polar surface area (TPSA) is 49.4 Å². The fourth-order valence-electron chi connectivity index (χ4n) is 3.22. The van der Waals surface area contributed by atoms with E-state index in [2.05, 4.69) is 11.4 Å². The summed E-state index contributed by atoms with van der Waals surface area (Å²) in [5, 5.41) is 2.82. The molecule has 1 N–H and O–H groups in total. The van der Waals surface area contributed by atoms with Crippen LogP contribution in [0.5, 0.6) is 0 Å². The lowest BCUT2D eigenvalue weighted by molar-refractivity contribution is -0.135. The second-order valence-corrected chi connectivity index (χ2v) is 6.98. The van der Waals surface area contributed by atoms with Gasteiger partial charge in [-0.3, -0.25) is 9.59 Å². The average molecular weight is 354 g/mol. The number of fused-ring (bicyclic) bond motifs is 1. The molecule has 26 heavy (non-hydrogen) atoms. The first-order valence-corrected chi connectivity index (χ1v) is 8.87. The lowest BCUT2D eigenvalue weighted by atomic mass is 9.97. The van der Waals surface area contributed by atoms with Crippen molar-refractivity contribution >= 4 is 11.8 Å². The third-order valence-electron chi connectivity index (χ3n) is 4.77. The second kappa shape index (κ2) is 7.68. The number of rotatable bonds is 4. The maximum Gasteiger partial charge on any atom is 0.251 e. The molecule has 1 aliphatic heterocycles. The Hall–Kier alpha value is -2.69. The lowest BCUT2D eigenvalue weighted by Gasteiger charge is -2.33. The molecule has 0 bridgehead atoms. The van der Waals surface area contributed by atoms with E-state index in [0.717, 1.165) is 12.0 Å². The predicted molar refractivity (Wildman–Crippen MR) is 98.1 cm³/mol. The minimum atomic E-state index is -0.613. The van der Waals surface area contributed by atoms with Crippen molar-refractivity contribution in [3.05, 3.63) is 71.0 Å². The van der Waals surface area contributed by atoms with Gasteiger partial charge in [0.05, 0.1) is 0 Å². The first kappa shape index (κ1) is 18.1. The Bertz CT molecular complexity index is 802. The Balaban J connectivity index is 1.72. The summed E-state index contributed by atoms with van der Waals surface area (Å²) >= 11 is 0. The van der Waals surface area contributed by atoms with Crippen LogP contribution in [0, 0.1) is 11.7 Å². The number of benzene rings is 2. The Morgan fingerprint density at radius 2 is 1.69 bits per heavy atom. The van der Waals surface area contributed by atoms with E-state index < -0.39 is 11.9 Å².